The van der Waals surface area contributed by atoms with Gasteiger partial charge in [0.15, 0.2) is 0 Å². The predicted octanol–water partition coefficient (Wildman–Crippen LogP) is 2.43. The van der Waals surface area contributed by atoms with Crippen LogP contribution >= 0.6 is 34.2 Å². The van der Waals surface area contributed by atoms with Gasteiger partial charge in [-0.25, -0.2) is 0 Å². The van der Waals surface area contributed by atoms with Crippen LogP contribution in [0.5, 0.6) is 0 Å². The molecule has 1 heterocycles. The number of hydrogen-bond acceptors (Lipinski definition) is 2. The molecule has 102 valence electrons. The Balaban J connectivity index is 2.37. The van der Waals surface area contributed by atoms with Crippen LogP contribution in [-0.2, 0) is 9.59 Å². The highest BCUT2D eigenvalue weighted by molar-refractivity contribution is 14.1. The highest BCUT2D eigenvalue weighted by Crippen LogP contribution is 2.29. The summed E-state index contributed by atoms with van der Waals surface area (Å²) in [7, 11) is 0. The number of nitrogens with one attached hydrogen (secondary N) is 1. The van der Waals surface area contributed by atoms with E-state index in [1.54, 1.807) is 12.1 Å². The van der Waals surface area contributed by atoms with Crippen molar-refractivity contribution < 1.29 is 9.59 Å². The Hall–Kier alpha value is -0.820. The van der Waals surface area contributed by atoms with E-state index >= 15 is 0 Å². The van der Waals surface area contributed by atoms with Gasteiger partial charge >= 0.3 is 0 Å². The van der Waals surface area contributed by atoms with E-state index in [-0.39, 0.29) is 24.3 Å². The van der Waals surface area contributed by atoms with Gasteiger partial charge < -0.3 is 5.32 Å². The predicted molar refractivity (Wildman–Crippen MR) is 83.3 cm³/mol. The fourth-order valence-electron chi connectivity index (χ4n) is 2.03. The van der Waals surface area contributed by atoms with Gasteiger partial charge in [0.2, 0.25) is 11.8 Å². The molecule has 4 nitrogen and oxygen atoms in total. The summed E-state index contributed by atoms with van der Waals surface area (Å²) in [5, 5.41) is 3.21. The van der Waals surface area contributed by atoms with E-state index in [1.165, 1.54) is 4.90 Å². The van der Waals surface area contributed by atoms with Crippen molar-refractivity contribution in [2.24, 2.45) is 5.92 Å². The lowest BCUT2D eigenvalue weighted by atomic mass is 10.0. The number of rotatable bonds is 2. The largest absolute Gasteiger partial charge is 0.342 e. The second-order valence-corrected chi connectivity index (χ2v) is 6.46. The molecule has 1 aromatic rings. The number of carbonyl (C=O) groups excluding carboxylic acids is 2. The van der Waals surface area contributed by atoms with Crippen molar-refractivity contribution in [1.29, 1.82) is 0 Å². The third kappa shape index (κ3) is 3.02. The summed E-state index contributed by atoms with van der Waals surface area (Å²) in [6.45, 7) is 3.83. The van der Waals surface area contributed by atoms with Gasteiger partial charge in [0.1, 0.15) is 12.6 Å². The first kappa shape index (κ1) is 14.6. The molecule has 1 aliphatic rings. The molecule has 1 aliphatic heterocycles. The number of anilines is 1. The van der Waals surface area contributed by atoms with Crippen molar-refractivity contribution in [1.82, 2.24) is 5.32 Å². The molecule has 0 aliphatic carbocycles. The van der Waals surface area contributed by atoms with Crippen LogP contribution in [0.3, 0.4) is 0 Å². The molecule has 0 radical (unpaired) electrons. The smallest absolute Gasteiger partial charge is 0.250 e. The van der Waals surface area contributed by atoms with Crippen LogP contribution in [0.25, 0.3) is 0 Å². The average molecular weight is 393 g/mol. The minimum absolute atomic E-state index is 0.0162. The number of halogens is 2. The summed E-state index contributed by atoms with van der Waals surface area (Å²) in [5.41, 5.74) is 0.590. The Labute approximate surface area is 130 Å². The maximum absolute atomic E-state index is 12.4. The Morgan fingerprint density at radius 1 is 1.42 bits per heavy atom. The van der Waals surface area contributed by atoms with Gasteiger partial charge in [-0.05, 0) is 46.7 Å². The minimum atomic E-state index is -0.489. The van der Waals surface area contributed by atoms with Crippen molar-refractivity contribution in [3.63, 3.8) is 0 Å². The number of benzene rings is 1. The van der Waals surface area contributed by atoms with Gasteiger partial charge in [-0.15, -0.1) is 0 Å². The first-order valence-corrected chi connectivity index (χ1v) is 7.41. The number of amides is 2. The van der Waals surface area contributed by atoms with E-state index in [0.29, 0.717) is 10.7 Å². The molecule has 1 N–H and O–H groups in total. The van der Waals surface area contributed by atoms with Gasteiger partial charge in [0.05, 0.1) is 10.7 Å². The normalized spacial score (nSPS) is 19.8. The molecule has 0 saturated carbocycles. The number of piperazine rings is 1. The first-order valence-electron chi connectivity index (χ1n) is 5.96. The maximum Gasteiger partial charge on any atom is 0.250 e. The summed E-state index contributed by atoms with van der Waals surface area (Å²) in [5.74, 6) is -0.229. The summed E-state index contributed by atoms with van der Waals surface area (Å²) in [4.78, 5) is 25.6. The van der Waals surface area contributed by atoms with Gasteiger partial charge in [-0.2, -0.15) is 0 Å². The van der Waals surface area contributed by atoms with Crippen molar-refractivity contribution in [3.8, 4) is 0 Å². The molecule has 0 spiro atoms. The van der Waals surface area contributed by atoms with Crippen LogP contribution in [0.1, 0.15) is 13.8 Å². The summed E-state index contributed by atoms with van der Waals surface area (Å²) in [6, 6.07) is 4.93. The lowest BCUT2D eigenvalue weighted by Gasteiger charge is -2.34. The van der Waals surface area contributed by atoms with E-state index in [2.05, 4.69) is 27.9 Å². The van der Waals surface area contributed by atoms with Gasteiger partial charge in [0.25, 0.3) is 0 Å². The van der Waals surface area contributed by atoms with Crippen LogP contribution in [0.2, 0.25) is 5.02 Å². The molecule has 2 amide bonds. The van der Waals surface area contributed by atoms with Crippen LogP contribution in [-0.4, -0.2) is 24.4 Å². The van der Waals surface area contributed by atoms with Crippen LogP contribution in [0, 0.1) is 9.49 Å². The van der Waals surface area contributed by atoms with Crippen LogP contribution in [0.15, 0.2) is 18.2 Å². The minimum Gasteiger partial charge on any atom is -0.342 e. The fourth-order valence-corrected chi connectivity index (χ4v) is 2.98. The molecule has 1 saturated heterocycles. The van der Waals surface area contributed by atoms with Gasteiger partial charge in [-0.1, -0.05) is 25.4 Å². The Morgan fingerprint density at radius 2 is 2.11 bits per heavy atom. The van der Waals surface area contributed by atoms with Gasteiger partial charge in [-0.3, -0.25) is 14.5 Å². The Kier molecular flexibility index (Phi) is 4.35. The zero-order chi connectivity index (χ0) is 14.2. The van der Waals surface area contributed by atoms with E-state index in [0.717, 1.165) is 3.57 Å². The van der Waals surface area contributed by atoms with E-state index < -0.39 is 6.04 Å². The molecule has 1 unspecified atom stereocenters. The van der Waals surface area contributed by atoms with E-state index in [4.69, 9.17) is 11.6 Å². The number of hydrogen-bond donors (Lipinski definition) is 1. The summed E-state index contributed by atoms with van der Waals surface area (Å²) >= 11 is 8.32. The molecule has 19 heavy (non-hydrogen) atoms. The number of nitrogens with zero attached hydrogens (tertiary/aromatic N) is 1. The third-order valence-corrected chi connectivity index (χ3v) is 3.99. The zero-order valence-electron chi connectivity index (χ0n) is 10.6. The van der Waals surface area contributed by atoms with Crippen molar-refractivity contribution in [2.45, 2.75) is 19.9 Å². The van der Waals surface area contributed by atoms with E-state index in [9.17, 15) is 9.59 Å². The third-order valence-electron chi connectivity index (χ3n) is 3.02. The maximum atomic E-state index is 12.4. The Morgan fingerprint density at radius 3 is 2.68 bits per heavy atom. The topological polar surface area (TPSA) is 49.4 Å². The molecule has 6 heteroatoms. The highest BCUT2D eigenvalue weighted by Gasteiger charge is 2.35. The molecular formula is C13H14ClIN2O2. The molecule has 0 aromatic heterocycles. The lowest BCUT2D eigenvalue weighted by Crippen LogP contribution is -2.60. The monoisotopic (exact) mass is 392 g/mol. The molecular weight excluding hydrogens is 379 g/mol. The van der Waals surface area contributed by atoms with Crippen molar-refractivity contribution in [3.05, 3.63) is 26.8 Å². The summed E-state index contributed by atoms with van der Waals surface area (Å²) < 4.78 is 0.987. The Bertz CT molecular complexity index is 533. The molecule has 1 fully saturated rings. The van der Waals surface area contributed by atoms with Gasteiger partial charge in [0, 0.05) is 3.57 Å². The quantitative estimate of drug-likeness (QED) is 0.786. The SMILES string of the molecule is CC(C)C1NC(=O)CN(c2ccc(I)cc2Cl)C1=O. The lowest BCUT2D eigenvalue weighted by molar-refractivity contribution is -0.132. The van der Waals surface area contributed by atoms with Crippen molar-refractivity contribution >= 4 is 51.7 Å². The van der Waals surface area contributed by atoms with Crippen LogP contribution in [0.4, 0.5) is 5.69 Å². The summed E-state index contributed by atoms with van der Waals surface area (Å²) in [6.07, 6.45) is 0. The second kappa shape index (κ2) is 5.66. The van der Waals surface area contributed by atoms with E-state index in [1.807, 2.05) is 19.9 Å². The highest BCUT2D eigenvalue weighted by atomic mass is 127. The molecule has 2 rings (SSSR count). The second-order valence-electron chi connectivity index (χ2n) is 4.81. The molecule has 0 bridgehead atoms. The average Bonchev–Trinajstić information content (AvgIpc) is 2.32. The van der Waals surface area contributed by atoms with Crippen LogP contribution < -0.4 is 10.2 Å². The number of carbonyl (C=O) groups is 2. The molecule has 1 atom stereocenters. The zero-order valence-corrected chi connectivity index (χ0v) is 13.5. The molecule has 1 aromatic carbocycles. The fraction of sp³-hybridized carbons (Fsp3) is 0.385. The van der Waals surface area contributed by atoms with Crippen molar-refractivity contribution in [2.75, 3.05) is 11.4 Å². The first-order chi connectivity index (χ1) is 8.90. The standard InChI is InChI=1S/C13H14ClIN2O2/c1-7(2)12-13(19)17(6-11(18)16-12)10-4-3-8(15)5-9(10)14/h3-5,7,12H,6H2,1-2H3,(H,16,18).